The summed E-state index contributed by atoms with van der Waals surface area (Å²) < 4.78 is 38.4. The molecule has 0 spiro atoms. The highest BCUT2D eigenvalue weighted by Crippen LogP contribution is 2.19. The van der Waals surface area contributed by atoms with Gasteiger partial charge in [0.2, 0.25) is 10.0 Å². The molecule has 6 nitrogen and oxygen atoms in total. The summed E-state index contributed by atoms with van der Waals surface area (Å²) in [5, 5.41) is 6.56. The lowest BCUT2D eigenvalue weighted by atomic mass is 10.2. The van der Waals surface area contributed by atoms with Gasteiger partial charge in [-0.3, -0.25) is 9.31 Å². The predicted molar refractivity (Wildman–Crippen MR) is 69.3 cm³/mol. The van der Waals surface area contributed by atoms with Crippen LogP contribution in [0.5, 0.6) is 0 Å². The molecule has 0 bridgehead atoms. The first kappa shape index (κ1) is 13.7. The Morgan fingerprint density at radius 3 is 2.44 bits per heavy atom. The molecule has 0 aliphatic carbocycles. The zero-order valence-electron chi connectivity index (χ0n) is 10.4. The molecule has 1 aromatic rings. The highest BCUT2D eigenvalue weighted by atomic mass is 32.2. The van der Waals surface area contributed by atoms with Crippen molar-refractivity contribution in [1.29, 1.82) is 0 Å². The SMILES string of the molecule is Cc1n[nH]c(C)c1S(=O)(=O)NC1CCS(=O)CC1. The minimum atomic E-state index is -3.54. The van der Waals surface area contributed by atoms with Crippen LogP contribution in [-0.4, -0.2) is 40.4 Å². The van der Waals surface area contributed by atoms with E-state index in [0.717, 1.165) is 0 Å². The summed E-state index contributed by atoms with van der Waals surface area (Å²) in [6, 6.07) is -0.124. The van der Waals surface area contributed by atoms with E-state index in [-0.39, 0.29) is 10.9 Å². The number of aromatic nitrogens is 2. The molecule has 0 aromatic carbocycles. The fourth-order valence-corrected chi connectivity index (χ4v) is 5.10. The van der Waals surface area contributed by atoms with Crippen LogP contribution in [0.3, 0.4) is 0 Å². The summed E-state index contributed by atoms with van der Waals surface area (Å²) >= 11 is 0. The summed E-state index contributed by atoms with van der Waals surface area (Å²) in [6.07, 6.45) is 1.25. The first-order chi connectivity index (χ1) is 8.40. The van der Waals surface area contributed by atoms with E-state index in [1.165, 1.54) is 0 Å². The second kappa shape index (κ2) is 5.10. The maximum Gasteiger partial charge on any atom is 0.244 e. The Hall–Kier alpha value is -0.730. The summed E-state index contributed by atoms with van der Waals surface area (Å²) in [6.45, 7) is 3.35. The van der Waals surface area contributed by atoms with Gasteiger partial charge in [0.15, 0.2) is 0 Å². The molecule has 0 radical (unpaired) electrons. The third-order valence-corrected chi connectivity index (χ3v) is 6.20. The number of sulfonamides is 1. The van der Waals surface area contributed by atoms with Crippen molar-refractivity contribution in [2.45, 2.75) is 37.6 Å². The van der Waals surface area contributed by atoms with Gasteiger partial charge in [0, 0.05) is 28.3 Å². The molecule has 1 aromatic heterocycles. The molecule has 0 atom stereocenters. The number of nitrogens with zero attached hydrogens (tertiary/aromatic N) is 1. The van der Waals surface area contributed by atoms with Gasteiger partial charge in [-0.2, -0.15) is 5.10 Å². The van der Waals surface area contributed by atoms with Crippen LogP contribution in [-0.2, 0) is 20.8 Å². The Kier molecular flexibility index (Phi) is 3.88. The van der Waals surface area contributed by atoms with Gasteiger partial charge in [-0.05, 0) is 26.7 Å². The van der Waals surface area contributed by atoms with Crippen LogP contribution in [0.15, 0.2) is 4.90 Å². The van der Waals surface area contributed by atoms with E-state index in [2.05, 4.69) is 14.9 Å². The van der Waals surface area contributed by atoms with Gasteiger partial charge in [-0.1, -0.05) is 0 Å². The monoisotopic (exact) mass is 291 g/mol. The van der Waals surface area contributed by atoms with E-state index in [1.54, 1.807) is 13.8 Å². The number of hydrogen-bond donors (Lipinski definition) is 2. The van der Waals surface area contributed by atoms with Gasteiger partial charge in [-0.25, -0.2) is 13.1 Å². The standard InChI is InChI=1S/C10H17N3O3S2/c1-7-10(8(2)12-11-7)18(15,16)13-9-3-5-17(14)6-4-9/h9,13H,3-6H2,1-2H3,(H,11,12). The second-order valence-electron chi connectivity index (χ2n) is 4.51. The molecular formula is C10H17N3O3S2. The van der Waals surface area contributed by atoms with Crippen molar-refractivity contribution in [3.63, 3.8) is 0 Å². The fourth-order valence-electron chi connectivity index (χ4n) is 2.13. The van der Waals surface area contributed by atoms with Crippen molar-refractivity contribution in [2.75, 3.05) is 11.5 Å². The minimum Gasteiger partial charge on any atom is -0.281 e. The second-order valence-corrected chi connectivity index (χ2v) is 7.85. The first-order valence-corrected chi connectivity index (χ1v) is 8.76. The Labute approximate surface area is 109 Å². The van der Waals surface area contributed by atoms with E-state index in [1.807, 2.05) is 0 Å². The zero-order chi connectivity index (χ0) is 13.3. The van der Waals surface area contributed by atoms with E-state index in [0.29, 0.717) is 35.7 Å². The van der Waals surface area contributed by atoms with E-state index < -0.39 is 20.8 Å². The molecule has 1 aliphatic heterocycles. The van der Waals surface area contributed by atoms with Gasteiger partial charge in [0.05, 0.1) is 11.4 Å². The molecule has 2 N–H and O–H groups in total. The van der Waals surface area contributed by atoms with Gasteiger partial charge in [0.1, 0.15) is 4.90 Å². The van der Waals surface area contributed by atoms with E-state index >= 15 is 0 Å². The quantitative estimate of drug-likeness (QED) is 0.833. The Morgan fingerprint density at radius 1 is 1.33 bits per heavy atom. The molecule has 1 saturated heterocycles. The van der Waals surface area contributed by atoms with Gasteiger partial charge in [-0.15, -0.1) is 0 Å². The molecule has 0 amide bonds. The highest BCUT2D eigenvalue weighted by Gasteiger charge is 2.27. The molecule has 2 rings (SSSR count). The molecule has 8 heteroatoms. The van der Waals surface area contributed by atoms with Crippen molar-refractivity contribution in [2.24, 2.45) is 0 Å². The van der Waals surface area contributed by atoms with Crippen molar-refractivity contribution >= 4 is 20.8 Å². The van der Waals surface area contributed by atoms with Crippen molar-refractivity contribution in [3.05, 3.63) is 11.4 Å². The normalized spacial score (nSPS) is 25.2. The molecule has 102 valence electrons. The molecule has 18 heavy (non-hydrogen) atoms. The Bertz CT molecular complexity index is 535. The number of H-pyrrole nitrogens is 1. The first-order valence-electron chi connectivity index (χ1n) is 5.79. The van der Waals surface area contributed by atoms with Crippen molar-refractivity contribution < 1.29 is 12.6 Å². The third-order valence-electron chi connectivity index (χ3n) is 3.04. The van der Waals surface area contributed by atoms with Crippen LogP contribution in [0.2, 0.25) is 0 Å². The number of hydrogen-bond acceptors (Lipinski definition) is 4. The van der Waals surface area contributed by atoms with Crippen LogP contribution in [0.25, 0.3) is 0 Å². The molecular weight excluding hydrogens is 274 g/mol. The highest BCUT2D eigenvalue weighted by molar-refractivity contribution is 7.89. The molecule has 0 saturated carbocycles. The zero-order valence-corrected chi connectivity index (χ0v) is 12.0. The van der Waals surface area contributed by atoms with Crippen molar-refractivity contribution in [1.82, 2.24) is 14.9 Å². The maximum atomic E-state index is 12.2. The third kappa shape index (κ3) is 2.81. The lowest BCUT2D eigenvalue weighted by Crippen LogP contribution is -2.39. The topological polar surface area (TPSA) is 91.9 Å². The average molecular weight is 291 g/mol. The maximum absolute atomic E-state index is 12.2. The minimum absolute atomic E-state index is 0.124. The van der Waals surface area contributed by atoms with E-state index in [9.17, 15) is 12.6 Å². The Morgan fingerprint density at radius 2 is 1.94 bits per heavy atom. The number of nitrogens with one attached hydrogen (secondary N) is 2. The van der Waals surface area contributed by atoms with Gasteiger partial charge >= 0.3 is 0 Å². The summed E-state index contributed by atoms with van der Waals surface area (Å²) in [5.41, 5.74) is 1.01. The van der Waals surface area contributed by atoms with Gasteiger partial charge in [0.25, 0.3) is 0 Å². The predicted octanol–water partition coefficient (Wildman–Crippen LogP) is 0.216. The molecule has 1 aliphatic rings. The lowest BCUT2D eigenvalue weighted by Gasteiger charge is -2.22. The van der Waals surface area contributed by atoms with E-state index in [4.69, 9.17) is 0 Å². The van der Waals surface area contributed by atoms with Crippen molar-refractivity contribution in [3.8, 4) is 0 Å². The fraction of sp³-hybridized carbons (Fsp3) is 0.700. The Balaban J connectivity index is 2.15. The van der Waals surface area contributed by atoms with Crippen LogP contribution in [0, 0.1) is 13.8 Å². The number of rotatable bonds is 3. The smallest absolute Gasteiger partial charge is 0.244 e. The molecule has 0 unspecified atom stereocenters. The average Bonchev–Trinajstić information content (AvgIpc) is 2.62. The summed E-state index contributed by atoms with van der Waals surface area (Å²) in [7, 11) is -4.33. The lowest BCUT2D eigenvalue weighted by molar-refractivity contribution is 0.521. The summed E-state index contributed by atoms with van der Waals surface area (Å²) in [4.78, 5) is 0.231. The number of aryl methyl sites for hydroxylation is 2. The van der Waals surface area contributed by atoms with Crippen LogP contribution in [0.4, 0.5) is 0 Å². The number of aromatic amines is 1. The van der Waals surface area contributed by atoms with Crippen LogP contribution < -0.4 is 4.72 Å². The summed E-state index contributed by atoms with van der Waals surface area (Å²) in [5.74, 6) is 1.13. The molecule has 2 heterocycles. The van der Waals surface area contributed by atoms with Crippen LogP contribution in [0.1, 0.15) is 24.2 Å². The van der Waals surface area contributed by atoms with Gasteiger partial charge < -0.3 is 0 Å². The largest absolute Gasteiger partial charge is 0.281 e. The molecule has 1 fully saturated rings. The van der Waals surface area contributed by atoms with Crippen LogP contribution >= 0.6 is 0 Å².